The fourth-order valence-corrected chi connectivity index (χ4v) is 3.76. The number of rotatable bonds is 5. The Morgan fingerprint density at radius 3 is 2.90 bits per heavy atom. The van der Waals surface area contributed by atoms with Crippen molar-refractivity contribution in [2.24, 2.45) is 11.8 Å². The van der Waals surface area contributed by atoms with Crippen molar-refractivity contribution >= 4 is 0 Å². The summed E-state index contributed by atoms with van der Waals surface area (Å²) in [6.45, 7) is 4.37. The average Bonchev–Trinajstić information content (AvgIpc) is 3.19. The summed E-state index contributed by atoms with van der Waals surface area (Å²) in [7, 11) is 0. The van der Waals surface area contributed by atoms with Gasteiger partial charge in [-0.2, -0.15) is 5.10 Å². The number of aromatic nitrogens is 2. The van der Waals surface area contributed by atoms with Gasteiger partial charge in [0.2, 0.25) is 0 Å². The van der Waals surface area contributed by atoms with E-state index in [2.05, 4.69) is 31.2 Å². The molecule has 1 heterocycles. The van der Waals surface area contributed by atoms with Crippen molar-refractivity contribution in [1.29, 1.82) is 0 Å². The minimum Gasteiger partial charge on any atom is -0.389 e. The lowest BCUT2D eigenvalue weighted by Crippen LogP contribution is -2.38. The first-order chi connectivity index (χ1) is 9.59. The molecule has 2 fully saturated rings. The molecule has 1 aromatic heterocycles. The van der Waals surface area contributed by atoms with E-state index in [1.54, 1.807) is 0 Å². The van der Waals surface area contributed by atoms with E-state index >= 15 is 0 Å². The van der Waals surface area contributed by atoms with Crippen LogP contribution in [-0.2, 0) is 6.42 Å². The summed E-state index contributed by atoms with van der Waals surface area (Å²) in [5.41, 5.74) is 0.560. The number of hydrogen-bond donors (Lipinski definition) is 1. The molecule has 2 aliphatic rings. The molecule has 0 radical (unpaired) electrons. The van der Waals surface area contributed by atoms with Gasteiger partial charge < -0.3 is 5.11 Å². The molecule has 0 saturated heterocycles. The van der Waals surface area contributed by atoms with Gasteiger partial charge in [-0.1, -0.05) is 13.3 Å². The van der Waals surface area contributed by atoms with Gasteiger partial charge in [0.15, 0.2) is 0 Å². The number of aliphatic hydroxyl groups is 1. The molecule has 3 atom stereocenters. The Morgan fingerprint density at radius 1 is 1.40 bits per heavy atom. The van der Waals surface area contributed by atoms with Gasteiger partial charge in [0, 0.05) is 18.7 Å². The third kappa shape index (κ3) is 3.08. The fraction of sp³-hybridized carbons (Fsp3) is 0.824. The summed E-state index contributed by atoms with van der Waals surface area (Å²) >= 11 is 0. The maximum atomic E-state index is 10.9. The van der Waals surface area contributed by atoms with E-state index in [0.717, 1.165) is 43.2 Å². The second-order valence-electron chi connectivity index (χ2n) is 7.14. The zero-order valence-electron chi connectivity index (χ0n) is 12.9. The van der Waals surface area contributed by atoms with Gasteiger partial charge in [0.1, 0.15) is 0 Å². The van der Waals surface area contributed by atoms with E-state index in [1.165, 1.54) is 25.7 Å². The molecular formula is C17H28N2O. The molecule has 3 nitrogen and oxygen atoms in total. The molecule has 1 N–H and O–H groups in total. The second-order valence-corrected chi connectivity index (χ2v) is 7.14. The van der Waals surface area contributed by atoms with Crippen molar-refractivity contribution in [3.63, 3.8) is 0 Å². The molecule has 112 valence electrons. The van der Waals surface area contributed by atoms with E-state index in [0.29, 0.717) is 6.04 Å². The van der Waals surface area contributed by atoms with Gasteiger partial charge in [0.25, 0.3) is 0 Å². The van der Waals surface area contributed by atoms with Gasteiger partial charge in [-0.15, -0.1) is 0 Å². The smallest absolute Gasteiger partial charge is 0.0706 e. The van der Waals surface area contributed by atoms with Crippen molar-refractivity contribution in [2.75, 3.05) is 0 Å². The largest absolute Gasteiger partial charge is 0.389 e. The Balaban J connectivity index is 1.64. The van der Waals surface area contributed by atoms with E-state index in [9.17, 15) is 5.11 Å². The molecule has 3 unspecified atom stereocenters. The lowest BCUT2D eigenvalue weighted by atomic mass is 9.74. The molecule has 1 aromatic rings. The minimum absolute atomic E-state index is 0.448. The first-order valence-electron chi connectivity index (χ1n) is 8.36. The van der Waals surface area contributed by atoms with Gasteiger partial charge in [-0.05, 0) is 63.4 Å². The molecule has 2 saturated carbocycles. The van der Waals surface area contributed by atoms with Gasteiger partial charge >= 0.3 is 0 Å². The Morgan fingerprint density at radius 2 is 2.20 bits per heavy atom. The predicted molar refractivity (Wildman–Crippen MR) is 80.6 cm³/mol. The Labute approximate surface area is 122 Å². The molecule has 2 aliphatic carbocycles. The summed E-state index contributed by atoms with van der Waals surface area (Å²) in [5.74, 6) is 1.69. The Hall–Kier alpha value is -0.830. The van der Waals surface area contributed by atoms with Crippen LogP contribution >= 0.6 is 0 Å². The van der Waals surface area contributed by atoms with Crippen molar-refractivity contribution in [1.82, 2.24) is 9.78 Å². The summed E-state index contributed by atoms with van der Waals surface area (Å²) in [6.07, 6.45) is 11.1. The Bertz CT molecular complexity index is 452. The van der Waals surface area contributed by atoms with Crippen LogP contribution in [0.1, 0.15) is 70.5 Å². The summed E-state index contributed by atoms with van der Waals surface area (Å²) in [4.78, 5) is 0. The van der Waals surface area contributed by atoms with Crippen LogP contribution < -0.4 is 0 Å². The molecule has 0 amide bonds. The predicted octanol–water partition coefficient (Wildman–Crippen LogP) is 3.73. The second kappa shape index (κ2) is 5.51. The highest BCUT2D eigenvalue weighted by atomic mass is 16.3. The third-order valence-corrected chi connectivity index (χ3v) is 5.36. The van der Waals surface area contributed by atoms with Crippen LogP contribution in [0.4, 0.5) is 0 Å². The monoisotopic (exact) mass is 276 g/mol. The summed E-state index contributed by atoms with van der Waals surface area (Å²) in [6, 6.07) is 2.54. The highest BCUT2D eigenvalue weighted by molar-refractivity contribution is 5.06. The van der Waals surface area contributed by atoms with Crippen LogP contribution in [0, 0.1) is 11.8 Å². The minimum atomic E-state index is -0.500. The topological polar surface area (TPSA) is 38.0 Å². The Kier molecular flexibility index (Phi) is 3.89. The first kappa shape index (κ1) is 14.1. The third-order valence-electron chi connectivity index (χ3n) is 5.36. The quantitative estimate of drug-likeness (QED) is 0.890. The van der Waals surface area contributed by atoms with Crippen LogP contribution in [-0.4, -0.2) is 20.5 Å². The van der Waals surface area contributed by atoms with Gasteiger partial charge in [-0.25, -0.2) is 0 Å². The normalized spacial score (nSPS) is 32.2. The summed E-state index contributed by atoms with van der Waals surface area (Å²) < 4.78 is 2.04. The standard InChI is InChI=1S/C17H28N2O/c1-3-13(2)19-10-8-16(18-19)12-17(20)9-4-5-15(11-17)14-6-7-14/h8,10,13-15,20H,3-7,9,11-12H2,1-2H3. The van der Waals surface area contributed by atoms with Crippen molar-refractivity contribution in [3.05, 3.63) is 18.0 Å². The number of nitrogens with zero attached hydrogens (tertiary/aromatic N) is 2. The number of hydrogen-bond acceptors (Lipinski definition) is 2. The van der Waals surface area contributed by atoms with Crippen LogP contribution in [0.5, 0.6) is 0 Å². The zero-order chi connectivity index (χ0) is 14.2. The first-order valence-corrected chi connectivity index (χ1v) is 8.36. The average molecular weight is 276 g/mol. The SMILES string of the molecule is CCC(C)n1ccc(CC2(O)CCCC(C3CC3)C2)n1. The highest BCUT2D eigenvalue weighted by Crippen LogP contribution is 2.47. The van der Waals surface area contributed by atoms with Gasteiger partial charge in [-0.3, -0.25) is 4.68 Å². The molecule has 0 aliphatic heterocycles. The maximum Gasteiger partial charge on any atom is 0.0706 e. The van der Waals surface area contributed by atoms with Crippen molar-refractivity contribution in [2.45, 2.75) is 76.9 Å². The summed E-state index contributed by atoms with van der Waals surface area (Å²) in [5, 5.41) is 15.6. The van der Waals surface area contributed by atoms with E-state index in [-0.39, 0.29) is 0 Å². The van der Waals surface area contributed by atoms with Crippen molar-refractivity contribution in [3.8, 4) is 0 Å². The van der Waals surface area contributed by atoms with E-state index in [1.807, 2.05) is 4.68 Å². The van der Waals surface area contributed by atoms with Gasteiger partial charge in [0.05, 0.1) is 11.3 Å². The lowest BCUT2D eigenvalue weighted by Gasteiger charge is -2.36. The van der Waals surface area contributed by atoms with Crippen LogP contribution in [0.2, 0.25) is 0 Å². The zero-order valence-corrected chi connectivity index (χ0v) is 12.9. The fourth-order valence-electron chi connectivity index (χ4n) is 3.76. The van der Waals surface area contributed by atoms with Crippen LogP contribution in [0.25, 0.3) is 0 Å². The molecular weight excluding hydrogens is 248 g/mol. The van der Waals surface area contributed by atoms with E-state index in [4.69, 9.17) is 0 Å². The van der Waals surface area contributed by atoms with Crippen LogP contribution in [0.3, 0.4) is 0 Å². The molecule has 20 heavy (non-hydrogen) atoms. The highest BCUT2D eigenvalue weighted by Gasteiger charge is 2.41. The molecule has 0 aromatic carbocycles. The molecule has 3 heteroatoms. The lowest BCUT2D eigenvalue weighted by molar-refractivity contribution is -0.0204. The van der Waals surface area contributed by atoms with E-state index < -0.39 is 5.60 Å². The molecule has 0 spiro atoms. The molecule has 3 rings (SSSR count). The molecule has 0 bridgehead atoms. The maximum absolute atomic E-state index is 10.9. The van der Waals surface area contributed by atoms with Crippen molar-refractivity contribution < 1.29 is 5.11 Å². The van der Waals surface area contributed by atoms with Crippen LogP contribution in [0.15, 0.2) is 12.3 Å².